The van der Waals surface area contributed by atoms with Crippen LogP contribution in [0.5, 0.6) is 0 Å². The number of rotatable bonds is 2. The first kappa shape index (κ1) is 12.0. The smallest absolute Gasteiger partial charge is 0.0919 e. The maximum Gasteiger partial charge on any atom is 0.0919 e. The molecule has 17 heavy (non-hydrogen) atoms. The summed E-state index contributed by atoms with van der Waals surface area (Å²) in [6.45, 7) is 10.9. The Labute approximate surface area is 103 Å². The zero-order chi connectivity index (χ0) is 12.6. The number of hydrogen-bond acceptors (Lipinski definition) is 2. The van der Waals surface area contributed by atoms with Crippen LogP contribution in [0.25, 0.3) is 11.0 Å². The number of fused-ring (bicyclic) bond motifs is 1. The average Bonchev–Trinajstić information content (AvgIpc) is 2.27. The standard InChI is InChI=1S/C15H20N2/c1-9(2)12-8-13-15(11(5)6-7-16-13)17-14(12)10(3)4/h6-10H,1-5H3. The fourth-order valence-electron chi connectivity index (χ4n) is 2.15. The number of aromatic nitrogens is 2. The predicted octanol–water partition coefficient (Wildman–Crippen LogP) is 4.19. The minimum atomic E-state index is 0.455. The molecule has 0 atom stereocenters. The summed E-state index contributed by atoms with van der Waals surface area (Å²) in [7, 11) is 0. The number of nitrogens with zero attached hydrogens (tertiary/aromatic N) is 2. The van der Waals surface area contributed by atoms with E-state index in [-0.39, 0.29) is 0 Å². The van der Waals surface area contributed by atoms with Crippen molar-refractivity contribution in [3.63, 3.8) is 0 Å². The van der Waals surface area contributed by atoms with Crippen molar-refractivity contribution < 1.29 is 0 Å². The Hall–Kier alpha value is -1.44. The second-order valence-corrected chi connectivity index (χ2v) is 5.27. The minimum Gasteiger partial charge on any atom is -0.255 e. The van der Waals surface area contributed by atoms with Crippen molar-refractivity contribution in [3.8, 4) is 0 Å². The van der Waals surface area contributed by atoms with Crippen LogP contribution in [0.1, 0.15) is 56.4 Å². The molecule has 0 aliphatic rings. The van der Waals surface area contributed by atoms with E-state index in [4.69, 9.17) is 4.98 Å². The van der Waals surface area contributed by atoms with Gasteiger partial charge in [-0.25, -0.2) is 0 Å². The fraction of sp³-hybridized carbons (Fsp3) is 0.467. The quantitative estimate of drug-likeness (QED) is 0.770. The van der Waals surface area contributed by atoms with E-state index in [0.717, 1.165) is 11.0 Å². The Kier molecular flexibility index (Phi) is 3.14. The van der Waals surface area contributed by atoms with Gasteiger partial charge in [-0.15, -0.1) is 0 Å². The van der Waals surface area contributed by atoms with E-state index in [1.807, 2.05) is 12.3 Å². The zero-order valence-corrected chi connectivity index (χ0v) is 11.3. The van der Waals surface area contributed by atoms with Crippen molar-refractivity contribution in [2.24, 2.45) is 0 Å². The molecule has 0 aliphatic carbocycles. The van der Waals surface area contributed by atoms with E-state index in [0.29, 0.717) is 11.8 Å². The highest BCUT2D eigenvalue weighted by molar-refractivity contribution is 5.78. The molecular weight excluding hydrogens is 208 g/mol. The molecule has 0 unspecified atom stereocenters. The first-order valence-electron chi connectivity index (χ1n) is 6.27. The van der Waals surface area contributed by atoms with E-state index in [9.17, 15) is 0 Å². The van der Waals surface area contributed by atoms with Gasteiger partial charge in [0.05, 0.1) is 11.0 Å². The third-order valence-electron chi connectivity index (χ3n) is 3.14. The van der Waals surface area contributed by atoms with Gasteiger partial charge in [-0.1, -0.05) is 27.7 Å². The molecule has 0 N–H and O–H groups in total. The highest BCUT2D eigenvalue weighted by atomic mass is 14.8. The normalized spacial score (nSPS) is 11.7. The van der Waals surface area contributed by atoms with Crippen LogP contribution in [0.4, 0.5) is 0 Å². The second kappa shape index (κ2) is 4.44. The molecule has 0 saturated carbocycles. The van der Waals surface area contributed by atoms with E-state index >= 15 is 0 Å². The summed E-state index contributed by atoms with van der Waals surface area (Å²) >= 11 is 0. The van der Waals surface area contributed by atoms with Crippen LogP contribution in [0.3, 0.4) is 0 Å². The Balaban J connectivity index is 2.77. The van der Waals surface area contributed by atoms with E-state index in [1.54, 1.807) is 0 Å². The maximum atomic E-state index is 4.83. The lowest BCUT2D eigenvalue weighted by Gasteiger charge is -2.16. The minimum absolute atomic E-state index is 0.455. The Morgan fingerprint density at radius 2 is 1.76 bits per heavy atom. The lowest BCUT2D eigenvalue weighted by atomic mass is 9.94. The summed E-state index contributed by atoms with van der Waals surface area (Å²) in [5.41, 5.74) is 5.79. The van der Waals surface area contributed by atoms with E-state index < -0.39 is 0 Å². The maximum absolute atomic E-state index is 4.83. The third kappa shape index (κ3) is 2.17. The molecule has 2 heteroatoms. The van der Waals surface area contributed by atoms with Crippen molar-refractivity contribution in [1.29, 1.82) is 0 Å². The van der Waals surface area contributed by atoms with Crippen molar-refractivity contribution in [2.75, 3.05) is 0 Å². The van der Waals surface area contributed by atoms with Crippen LogP contribution in [-0.4, -0.2) is 9.97 Å². The first-order chi connectivity index (χ1) is 8.00. The number of pyridine rings is 2. The van der Waals surface area contributed by atoms with Crippen LogP contribution >= 0.6 is 0 Å². The van der Waals surface area contributed by atoms with Crippen LogP contribution in [0.2, 0.25) is 0 Å². The highest BCUT2D eigenvalue weighted by Gasteiger charge is 2.14. The largest absolute Gasteiger partial charge is 0.255 e. The number of aryl methyl sites for hydroxylation is 1. The van der Waals surface area contributed by atoms with E-state index in [2.05, 4.69) is 45.7 Å². The van der Waals surface area contributed by atoms with Crippen molar-refractivity contribution in [1.82, 2.24) is 9.97 Å². The summed E-state index contributed by atoms with van der Waals surface area (Å²) in [5, 5.41) is 0. The SMILES string of the molecule is Cc1ccnc2cc(C(C)C)c(C(C)C)nc12. The summed E-state index contributed by atoms with van der Waals surface area (Å²) in [6.07, 6.45) is 1.86. The topological polar surface area (TPSA) is 25.8 Å². The lowest BCUT2D eigenvalue weighted by Crippen LogP contribution is -2.03. The molecule has 0 fully saturated rings. The van der Waals surface area contributed by atoms with Crippen LogP contribution in [0, 0.1) is 6.92 Å². The lowest BCUT2D eigenvalue weighted by molar-refractivity contribution is 0.763. The first-order valence-corrected chi connectivity index (χ1v) is 6.27. The molecule has 2 aromatic rings. The summed E-state index contributed by atoms with van der Waals surface area (Å²) in [4.78, 5) is 9.26. The molecule has 2 rings (SSSR count). The molecule has 0 spiro atoms. The zero-order valence-electron chi connectivity index (χ0n) is 11.3. The molecule has 0 bridgehead atoms. The molecule has 0 aromatic carbocycles. The van der Waals surface area contributed by atoms with Crippen LogP contribution in [0.15, 0.2) is 18.3 Å². The molecular formula is C15H20N2. The van der Waals surface area contributed by atoms with Gasteiger partial charge in [0.2, 0.25) is 0 Å². The van der Waals surface area contributed by atoms with Crippen molar-refractivity contribution >= 4 is 11.0 Å². The van der Waals surface area contributed by atoms with Crippen LogP contribution < -0.4 is 0 Å². The summed E-state index contributed by atoms with van der Waals surface area (Å²) in [6, 6.07) is 4.23. The van der Waals surface area contributed by atoms with Gasteiger partial charge in [0.1, 0.15) is 0 Å². The highest BCUT2D eigenvalue weighted by Crippen LogP contribution is 2.28. The molecule has 2 heterocycles. The molecule has 90 valence electrons. The molecule has 0 radical (unpaired) electrons. The Morgan fingerprint density at radius 3 is 2.35 bits per heavy atom. The fourth-order valence-corrected chi connectivity index (χ4v) is 2.15. The van der Waals surface area contributed by atoms with Gasteiger partial charge in [-0.3, -0.25) is 9.97 Å². The van der Waals surface area contributed by atoms with Gasteiger partial charge < -0.3 is 0 Å². The average molecular weight is 228 g/mol. The van der Waals surface area contributed by atoms with Gasteiger partial charge in [0.25, 0.3) is 0 Å². The van der Waals surface area contributed by atoms with Gasteiger partial charge in [0.15, 0.2) is 0 Å². The van der Waals surface area contributed by atoms with Gasteiger partial charge in [0, 0.05) is 11.9 Å². The molecule has 0 amide bonds. The van der Waals surface area contributed by atoms with Crippen LogP contribution in [-0.2, 0) is 0 Å². The summed E-state index contributed by atoms with van der Waals surface area (Å²) < 4.78 is 0. The van der Waals surface area contributed by atoms with Crippen molar-refractivity contribution in [2.45, 2.75) is 46.5 Å². The third-order valence-corrected chi connectivity index (χ3v) is 3.14. The Bertz CT molecular complexity index is 542. The summed E-state index contributed by atoms with van der Waals surface area (Å²) in [5.74, 6) is 0.947. The molecule has 2 nitrogen and oxygen atoms in total. The Morgan fingerprint density at radius 1 is 1.06 bits per heavy atom. The predicted molar refractivity (Wildman–Crippen MR) is 72.5 cm³/mol. The van der Waals surface area contributed by atoms with Gasteiger partial charge in [-0.05, 0) is 42.0 Å². The van der Waals surface area contributed by atoms with Gasteiger partial charge >= 0.3 is 0 Å². The van der Waals surface area contributed by atoms with Gasteiger partial charge in [-0.2, -0.15) is 0 Å². The molecule has 2 aromatic heterocycles. The van der Waals surface area contributed by atoms with Crippen molar-refractivity contribution in [3.05, 3.63) is 35.2 Å². The molecule has 0 saturated heterocycles. The number of hydrogen-bond donors (Lipinski definition) is 0. The van der Waals surface area contributed by atoms with E-state index in [1.165, 1.54) is 16.8 Å². The monoisotopic (exact) mass is 228 g/mol. The second-order valence-electron chi connectivity index (χ2n) is 5.27. The molecule has 0 aliphatic heterocycles.